The number of benzene rings is 1. The highest BCUT2D eigenvalue weighted by atomic mass is 32.1. The van der Waals surface area contributed by atoms with E-state index < -0.39 is 0 Å². The van der Waals surface area contributed by atoms with Crippen LogP contribution in [-0.2, 0) is 16.1 Å². The molecular formula is C36H36N10O2S2. The van der Waals surface area contributed by atoms with E-state index in [1.165, 1.54) is 22.7 Å². The molecule has 2 aliphatic heterocycles. The van der Waals surface area contributed by atoms with E-state index in [1.807, 2.05) is 36.8 Å². The minimum absolute atomic E-state index is 0.00959. The van der Waals surface area contributed by atoms with Crippen molar-refractivity contribution in [2.75, 3.05) is 43.9 Å². The highest BCUT2D eigenvalue weighted by molar-refractivity contribution is 7.19. The second kappa shape index (κ2) is 14.2. The Morgan fingerprint density at radius 3 is 2.12 bits per heavy atom. The maximum Gasteiger partial charge on any atom is 0.229 e. The molecule has 12 nitrogen and oxygen atoms in total. The van der Waals surface area contributed by atoms with Crippen LogP contribution in [0, 0.1) is 11.8 Å². The second-order valence-corrected chi connectivity index (χ2v) is 15.1. The number of anilines is 2. The summed E-state index contributed by atoms with van der Waals surface area (Å²) in [6.45, 7) is 4.07. The lowest BCUT2D eigenvalue weighted by Crippen LogP contribution is -2.38. The lowest BCUT2D eigenvalue weighted by atomic mass is 9.96. The Balaban J connectivity index is 0.850. The van der Waals surface area contributed by atoms with Gasteiger partial charge in [0.2, 0.25) is 11.8 Å². The number of nitrogens with one attached hydrogen (secondary N) is 2. The van der Waals surface area contributed by atoms with E-state index in [0.717, 1.165) is 100 Å². The third kappa shape index (κ3) is 7.24. The number of thiazole rings is 2. The van der Waals surface area contributed by atoms with E-state index >= 15 is 0 Å². The monoisotopic (exact) mass is 704 g/mol. The van der Waals surface area contributed by atoms with Gasteiger partial charge in [0, 0.05) is 59.2 Å². The van der Waals surface area contributed by atoms with Gasteiger partial charge in [0.15, 0.2) is 10.3 Å². The van der Waals surface area contributed by atoms with Gasteiger partial charge < -0.3 is 15.5 Å². The molecule has 50 heavy (non-hydrogen) atoms. The number of pyridine rings is 2. The normalized spacial score (nSPS) is 16.6. The molecule has 0 aliphatic carbocycles. The molecule has 2 amide bonds. The highest BCUT2D eigenvalue weighted by Crippen LogP contribution is 2.33. The predicted octanol–water partition coefficient (Wildman–Crippen LogP) is 5.95. The van der Waals surface area contributed by atoms with Crippen molar-refractivity contribution in [1.82, 2.24) is 39.7 Å². The van der Waals surface area contributed by atoms with Gasteiger partial charge in [-0.2, -0.15) is 0 Å². The zero-order valence-electron chi connectivity index (χ0n) is 27.6. The lowest BCUT2D eigenvalue weighted by molar-refractivity contribution is -0.122. The van der Waals surface area contributed by atoms with Crippen LogP contribution in [0.1, 0.15) is 31.5 Å². The molecule has 6 aromatic rings. The molecule has 0 bridgehead atoms. The topological polar surface area (TPSA) is 142 Å². The van der Waals surface area contributed by atoms with E-state index in [1.54, 1.807) is 18.6 Å². The molecule has 8 rings (SSSR count). The van der Waals surface area contributed by atoms with Crippen LogP contribution in [-0.4, -0.2) is 84.7 Å². The first-order valence-electron chi connectivity index (χ1n) is 16.8. The number of fused-ring (bicyclic) bond motifs is 2. The van der Waals surface area contributed by atoms with Crippen molar-refractivity contribution in [3.8, 4) is 20.9 Å². The summed E-state index contributed by atoms with van der Waals surface area (Å²) in [5.41, 5.74) is 3.68. The molecule has 0 radical (unpaired) electrons. The van der Waals surface area contributed by atoms with Gasteiger partial charge in [0.25, 0.3) is 0 Å². The number of rotatable bonds is 8. The predicted molar refractivity (Wildman–Crippen MR) is 197 cm³/mol. The third-order valence-electron chi connectivity index (χ3n) is 9.57. The van der Waals surface area contributed by atoms with Gasteiger partial charge >= 0.3 is 0 Å². The van der Waals surface area contributed by atoms with E-state index in [-0.39, 0.29) is 23.7 Å². The maximum absolute atomic E-state index is 13.2. The fraction of sp³-hybridized carbons (Fsp3) is 0.333. The molecule has 0 spiro atoms. The first-order valence-corrected chi connectivity index (χ1v) is 18.5. The summed E-state index contributed by atoms with van der Waals surface area (Å²) in [5.74, 6) is 0.778. The molecule has 254 valence electrons. The number of aromatic nitrogens is 6. The van der Waals surface area contributed by atoms with Crippen molar-refractivity contribution < 1.29 is 9.59 Å². The minimum atomic E-state index is -0.0769. The zero-order valence-corrected chi connectivity index (χ0v) is 29.2. The minimum Gasteiger partial charge on any atom is -0.306 e. The molecular weight excluding hydrogens is 669 g/mol. The molecule has 2 fully saturated rings. The average molecular weight is 705 g/mol. The first-order chi connectivity index (χ1) is 24.4. The van der Waals surface area contributed by atoms with Crippen molar-refractivity contribution in [3.63, 3.8) is 0 Å². The summed E-state index contributed by atoms with van der Waals surface area (Å²) < 4.78 is 0. The summed E-state index contributed by atoms with van der Waals surface area (Å²) in [5, 5.41) is 9.26. The van der Waals surface area contributed by atoms with Gasteiger partial charge in [-0.1, -0.05) is 34.8 Å². The maximum atomic E-state index is 13.2. The number of nitrogens with zero attached hydrogens (tertiary/aromatic N) is 8. The Morgan fingerprint density at radius 1 is 0.720 bits per heavy atom. The van der Waals surface area contributed by atoms with Gasteiger partial charge in [0.1, 0.15) is 5.82 Å². The van der Waals surface area contributed by atoms with Crippen LogP contribution >= 0.6 is 22.7 Å². The van der Waals surface area contributed by atoms with Crippen molar-refractivity contribution in [3.05, 3.63) is 73.3 Å². The van der Waals surface area contributed by atoms with Crippen LogP contribution in [0.25, 0.3) is 42.7 Å². The number of piperidine rings is 2. The number of carbonyl (C=O) groups is 2. The van der Waals surface area contributed by atoms with Gasteiger partial charge in [0.05, 0.1) is 33.5 Å². The van der Waals surface area contributed by atoms with Crippen molar-refractivity contribution in [1.29, 1.82) is 0 Å². The summed E-state index contributed by atoms with van der Waals surface area (Å²) in [4.78, 5) is 59.5. The Bertz CT molecular complexity index is 2170. The smallest absolute Gasteiger partial charge is 0.229 e. The van der Waals surface area contributed by atoms with E-state index in [9.17, 15) is 9.59 Å². The summed E-state index contributed by atoms with van der Waals surface area (Å²) >= 11 is 2.93. The summed E-state index contributed by atoms with van der Waals surface area (Å²) in [6.07, 6.45) is 14.0. The van der Waals surface area contributed by atoms with Crippen molar-refractivity contribution >= 4 is 66.6 Å². The molecule has 0 unspecified atom stereocenters. The number of likely N-dealkylation sites (tertiary alicyclic amines) is 2. The average Bonchev–Trinajstić information content (AvgIpc) is 3.82. The molecule has 14 heteroatoms. The van der Waals surface area contributed by atoms with E-state index in [2.05, 4.69) is 64.5 Å². The third-order valence-corrected chi connectivity index (χ3v) is 11.5. The largest absolute Gasteiger partial charge is 0.306 e. The van der Waals surface area contributed by atoms with Gasteiger partial charge in [-0.05, 0) is 82.7 Å². The van der Waals surface area contributed by atoms with Crippen LogP contribution < -0.4 is 10.6 Å². The molecule has 1 aromatic carbocycles. The van der Waals surface area contributed by atoms with Crippen LogP contribution in [0.3, 0.4) is 0 Å². The summed E-state index contributed by atoms with van der Waals surface area (Å²) in [7, 11) is 2.09. The second-order valence-electron chi connectivity index (χ2n) is 13.0. The molecule has 5 aromatic heterocycles. The number of hydrogen-bond donors (Lipinski definition) is 2. The fourth-order valence-electron chi connectivity index (χ4n) is 6.57. The molecule has 0 atom stereocenters. The molecule has 2 aliphatic rings. The molecule has 2 saturated heterocycles. The summed E-state index contributed by atoms with van der Waals surface area (Å²) in [6, 6.07) is 10.1. The number of amides is 2. The van der Waals surface area contributed by atoms with Crippen LogP contribution in [0.15, 0.2) is 67.5 Å². The van der Waals surface area contributed by atoms with Crippen LogP contribution in [0.5, 0.6) is 0 Å². The van der Waals surface area contributed by atoms with Gasteiger partial charge in [-0.15, -0.1) is 0 Å². The standard InChI is InChI=1S/C36H36N10O2S2/c1-45-10-5-22(6-11-45)33(47)43-35-40-19-30(49-35)25-2-3-26-16-39-32(42-28(26)15-25)21-46-12-7-23(8-13-46)34(48)44-36-41-20-31(50-36)27-14-24-4-9-37-18-29(24)38-17-27/h2-4,9,14-20,22-23H,5-8,10-13,21H2,1H3,(H,40,43,47)(H,41,44,48). The molecule has 7 heterocycles. The Kier molecular flexibility index (Phi) is 9.23. The van der Waals surface area contributed by atoms with Crippen LogP contribution in [0.4, 0.5) is 10.3 Å². The fourth-order valence-corrected chi connectivity index (χ4v) is 8.18. The van der Waals surface area contributed by atoms with Crippen molar-refractivity contribution in [2.24, 2.45) is 11.8 Å². The van der Waals surface area contributed by atoms with Gasteiger partial charge in [-0.3, -0.25) is 24.5 Å². The zero-order chi connectivity index (χ0) is 34.0. The number of carbonyl (C=O) groups excluding carboxylic acids is 2. The van der Waals surface area contributed by atoms with E-state index in [4.69, 9.17) is 4.98 Å². The SMILES string of the molecule is CN1CCC(C(=O)Nc2ncc(-c3ccc4cnc(CN5CCC(C(=O)Nc6ncc(-c7cnc8cnccc8c7)s6)CC5)nc4c3)s2)CC1. The lowest BCUT2D eigenvalue weighted by Gasteiger charge is -2.30. The number of hydrogen-bond acceptors (Lipinski definition) is 12. The van der Waals surface area contributed by atoms with Crippen LogP contribution in [0.2, 0.25) is 0 Å². The molecule has 0 saturated carbocycles. The quantitative estimate of drug-likeness (QED) is 0.195. The molecule has 2 N–H and O–H groups in total. The van der Waals surface area contributed by atoms with Crippen molar-refractivity contribution in [2.45, 2.75) is 32.2 Å². The van der Waals surface area contributed by atoms with E-state index in [0.29, 0.717) is 16.8 Å². The first kappa shape index (κ1) is 32.4. The Morgan fingerprint density at radius 2 is 1.40 bits per heavy atom. The Hall–Kier alpha value is -4.76. The Labute approximate surface area is 297 Å². The highest BCUT2D eigenvalue weighted by Gasteiger charge is 2.27. The van der Waals surface area contributed by atoms with Gasteiger partial charge in [-0.25, -0.2) is 19.9 Å².